The lowest BCUT2D eigenvalue weighted by atomic mass is 9.93. The molecule has 0 aliphatic heterocycles. The standard InChI is InChI=1S/C15H25N3O2S/c1-15(2,10-16)11-18(3)13-6-4-5-7-14(13)21(19,20)17-12-8-9-12/h4-7,12,17H,8-11,16H2,1-3H3. The molecule has 2 rings (SSSR count). The molecule has 1 aromatic rings. The Labute approximate surface area is 127 Å². The molecule has 0 amide bonds. The Morgan fingerprint density at radius 1 is 1.33 bits per heavy atom. The van der Waals surface area contributed by atoms with Gasteiger partial charge in [-0.25, -0.2) is 13.1 Å². The summed E-state index contributed by atoms with van der Waals surface area (Å²) in [6.45, 7) is 5.39. The van der Waals surface area contributed by atoms with Gasteiger partial charge in [0.1, 0.15) is 4.90 Å². The quantitative estimate of drug-likeness (QED) is 0.801. The van der Waals surface area contributed by atoms with Crippen molar-refractivity contribution in [2.24, 2.45) is 11.1 Å². The fourth-order valence-corrected chi connectivity index (χ4v) is 3.83. The molecule has 118 valence electrons. The topological polar surface area (TPSA) is 75.4 Å². The van der Waals surface area contributed by atoms with Crippen molar-refractivity contribution in [1.82, 2.24) is 4.72 Å². The molecule has 5 nitrogen and oxygen atoms in total. The first-order valence-electron chi connectivity index (χ1n) is 7.28. The molecule has 6 heteroatoms. The number of hydrogen-bond acceptors (Lipinski definition) is 4. The highest BCUT2D eigenvalue weighted by molar-refractivity contribution is 7.89. The van der Waals surface area contributed by atoms with Crippen LogP contribution in [-0.4, -0.2) is 34.6 Å². The maximum atomic E-state index is 12.5. The van der Waals surface area contributed by atoms with Gasteiger partial charge < -0.3 is 10.6 Å². The van der Waals surface area contributed by atoms with Crippen LogP contribution in [0.2, 0.25) is 0 Å². The van der Waals surface area contributed by atoms with Crippen LogP contribution >= 0.6 is 0 Å². The van der Waals surface area contributed by atoms with Crippen LogP contribution in [-0.2, 0) is 10.0 Å². The largest absolute Gasteiger partial charge is 0.373 e. The molecule has 0 spiro atoms. The summed E-state index contributed by atoms with van der Waals surface area (Å²) in [4.78, 5) is 2.31. The number of hydrogen-bond donors (Lipinski definition) is 2. The van der Waals surface area contributed by atoms with Crippen LogP contribution in [0.15, 0.2) is 29.2 Å². The van der Waals surface area contributed by atoms with Gasteiger partial charge in [0.15, 0.2) is 0 Å². The minimum absolute atomic E-state index is 0.0739. The lowest BCUT2D eigenvalue weighted by Crippen LogP contribution is -2.37. The highest BCUT2D eigenvalue weighted by atomic mass is 32.2. The fraction of sp³-hybridized carbons (Fsp3) is 0.600. The van der Waals surface area contributed by atoms with E-state index in [0.717, 1.165) is 12.8 Å². The molecule has 1 fully saturated rings. The second kappa shape index (κ2) is 5.94. The van der Waals surface area contributed by atoms with E-state index in [0.29, 0.717) is 23.7 Å². The number of nitrogens with two attached hydrogens (primary N) is 1. The molecule has 0 atom stereocenters. The van der Waals surface area contributed by atoms with Crippen molar-refractivity contribution >= 4 is 15.7 Å². The average molecular weight is 311 g/mol. The van der Waals surface area contributed by atoms with Crippen LogP contribution in [0.25, 0.3) is 0 Å². The van der Waals surface area contributed by atoms with Crippen LogP contribution in [0.3, 0.4) is 0 Å². The molecule has 3 N–H and O–H groups in total. The predicted molar refractivity (Wildman–Crippen MR) is 85.9 cm³/mol. The SMILES string of the molecule is CN(CC(C)(C)CN)c1ccccc1S(=O)(=O)NC1CC1. The van der Waals surface area contributed by atoms with E-state index in [2.05, 4.69) is 18.6 Å². The number of benzene rings is 1. The van der Waals surface area contributed by atoms with E-state index in [1.807, 2.05) is 24.1 Å². The lowest BCUT2D eigenvalue weighted by Gasteiger charge is -2.31. The smallest absolute Gasteiger partial charge is 0.242 e. The summed E-state index contributed by atoms with van der Waals surface area (Å²) in [5.74, 6) is 0. The minimum atomic E-state index is -3.46. The highest BCUT2D eigenvalue weighted by Crippen LogP contribution is 2.29. The minimum Gasteiger partial charge on any atom is -0.373 e. The van der Waals surface area contributed by atoms with E-state index in [4.69, 9.17) is 5.73 Å². The summed E-state index contributed by atoms with van der Waals surface area (Å²) in [6.07, 6.45) is 1.86. The second-order valence-electron chi connectivity index (χ2n) is 6.59. The van der Waals surface area contributed by atoms with Gasteiger partial charge in [-0.05, 0) is 36.9 Å². The van der Waals surface area contributed by atoms with Crippen molar-refractivity contribution in [3.05, 3.63) is 24.3 Å². The Morgan fingerprint density at radius 2 is 1.95 bits per heavy atom. The third kappa shape index (κ3) is 4.18. The van der Waals surface area contributed by atoms with E-state index >= 15 is 0 Å². The van der Waals surface area contributed by atoms with Crippen LogP contribution in [0.5, 0.6) is 0 Å². The lowest BCUT2D eigenvalue weighted by molar-refractivity contribution is 0.384. The van der Waals surface area contributed by atoms with E-state index in [1.165, 1.54) is 0 Å². The summed E-state index contributed by atoms with van der Waals surface area (Å²) in [5.41, 5.74) is 6.41. The molecule has 0 unspecified atom stereocenters. The molecular weight excluding hydrogens is 286 g/mol. The average Bonchev–Trinajstić information content (AvgIpc) is 3.21. The zero-order chi connectivity index (χ0) is 15.7. The molecule has 0 heterocycles. The molecular formula is C15H25N3O2S. The molecule has 1 aliphatic carbocycles. The Hall–Kier alpha value is -1.11. The van der Waals surface area contributed by atoms with E-state index in [1.54, 1.807) is 12.1 Å². The number of para-hydroxylation sites is 1. The normalized spacial score (nSPS) is 16.0. The summed E-state index contributed by atoms with van der Waals surface area (Å²) >= 11 is 0. The number of rotatable bonds is 7. The Kier molecular flexibility index (Phi) is 4.60. The summed E-state index contributed by atoms with van der Waals surface area (Å²) in [7, 11) is -1.55. The third-order valence-electron chi connectivity index (χ3n) is 3.68. The number of nitrogens with zero attached hydrogens (tertiary/aromatic N) is 1. The van der Waals surface area contributed by atoms with Gasteiger partial charge in [0.2, 0.25) is 10.0 Å². The molecule has 0 aromatic heterocycles. The number of sulfonamides is 1. The van der Waals surface area contributed by atoms with Gasteiger partial charge in [-0.1, -0.05) is 26.0 Å². The van der Waals surface area contributed by atoms with Gasteiger partial charge in [0, 0.05) is 19.6 Å². The van der Waals surface area contributed by atoms with Gasteiger partial charge in [0.05, 0.1) is 5.69 Å². The molecule has 21 heavy (non-hydrogen) atoms. The van der Waals surface area contributed by atoms with Gasteiger partial charge in [-0.3, -0.25) is 0 Å². The third-order valence-corrected chi connectivity index (χ3v) is 5.25. The zero-order valence-corrected chi connectivity index (χ0v) is 13.8. The summed E-state index contributed by atoms with van der Waals surface area (Å²) in [5, 5.41) is 0. The van der Waals surface area contributed by atoms with E-state index in [-0.39, 0.29) is 11.5 Å². The van der Waals surface area contributed by atoms with Crippen molar-refractivity contribution in [2.45, 2.75) is 37.6 Å². The van der Waals surface area contributed by atoms with Crippen molar-refractivity contribution in [3.8, 4) is 0 Å². The molecule has 1 saturated carbocycles. The first-order valence-corrected chi connectivity index (χ1v) is 8.76. The molecule has 0 saturated heterocycles. The van der Waals surface area contributed by atoms with Crippen molar-refractivity contribution in [1.29, 1.82) is 0 Å². The highest BCUT2D eigenvalue weighted by Gasteiger charge is 2.30. The maximum absolute atomic E-state index is 12.5. The second-order valence-corrected chi connectivity index (χ2v) is 8.27. The van der Waals surface area contributed by atoms with E-state index < -0.39 is 10.0 Å². The molecule has 0 radical (unpaired) electrons. The van der Waals surface area contributed by atoms with Crippen molar-refractivity contribution in [3.63, 3.8) is 0 Å². The van der Waals surface area contributed by atoms with Crippen molar-refractivity contribution < 1.29 is 8.42 Å². The van der Waals surface area contributed by atoms with E-state index in [9.17, 15) is 8.42 Å². The summed E-state index contributed by atoms with van der Waals surface area (Å²) < 4.78 is 27.7. The monoisotopic (exact) mass is 311 g/mol. The Balaban J connectivity index is 2.27. The van der Waals surface area contributed by atoms with Crippen LogP contribution in [0.4, 0.5) is 5.69 Å². The number of anilines is 1. The predicted octanol–water partition coefficient (Wildman–Crippen LogP) is 1.55. The fourth-order valence-electron chi connectivity index (χ4n) is 2.28. The first-order chi connectivity index (χ1) is 9.75. The van der Waals surface area contributed by atoms with Gasteiger partial charge in [-0.2, -0.15) is 0 Å². The van der Waals surface area contributed by atoms with Crippen LogP contribution in [0, 0.1) is 5.41 Å². The molecule has 1 aromatic carbocycles. The number of nitrogens with one attached hydrogen (secondary N) is 1. The zero-order valence-electron chi connectivity index (χ0n) is 13.0. The van der Waals surface area contributed by atoms with Crippen LogP contribution < -0.4 is 15.4 Å². The molecule has 1 aliphatic rings. The first kappa shape index (κ1) is 16.3. The Bertz CT molecular complexity index is 595. The van der Waals surface area contributed by atoms with Crippen molar-refractivity contribution in [2.75, 3.05) is 25.0 Å². The molecule has 0 bridgehead atoms. The van der Waals surface area contributed by atoms with Crippen LogP contribution in [0.1, 0.15) is 26.7 Å². The Morgan fingerprint density at radius 3 is 2.52 bits per heavy atom. The van der Waals surface area contributed by atoms with Gasteiger partial charge in [-0.15, -0.1) is 0 Å². The maximum Gasteiger partial charge on any atom is 0.242 e. The van der Waals surface area contributed by atoms with Gasteiger partial charge in [0.25, 0.3) is 0 Å². The summed E-state index contributed by atoms with van der Waals surface area (Å²) in [6, 6.07) is 7.22. The van der Waals surface area contributed by atoms with Gasteiger partial charge >= 0.3 is 0 Å².